The zero-order valence-electron chi connectivity index (χ0n) is 16.7. The molecule has 0 saturated heterocycles. The summed E-state index contributed by atoms with van der Waals surface area (Å²) in [5.41, 5.74) is 3.39. The fraction of sp³-hybridized carbons (Fsp3) is 0.381. The summed E-state index contributed by atoms with van der Waals surface area (Å²) < 4.78 is 16.0. The van der Waals surface area contributed by atoms with Gasteiger partial charge in [-0.15, -0.1) is 0 Å². The van der Waals surface area contributed by atoms with Crippen molar-refractivity contribution < 1.29 is 23.9 Å². The Balaban J connectivity index is 1.94. The summed E-state index contributed by atoms with van der Waals surface area (Å²) in [6, 6.07) is 11.9. The smallest absolute Gasteiger partial charge is 0.275 e. The first-order valence-electron chi connectivity index (χ1n) is 8.89. The highest BCUT2D eigenvalue weighted by Crippen LogP contribution is 2.38. The second-order valence-corrected chi connectivity index (χ2v) is 6.55. The SMILES string of the molecule is COc1cc(CNC(=O)C[NH+](C)Cc2ccccc2C)cc(OC)c1OC. The summed E-state index contributed by atoms with van der Waals surface area (Å²) in [4.78, 5) is 13.4. The lowest BCUT2D eigenvalue weighted by Crippen LogP contribution is -3.08. The lowest BCUT2D eigenvalue weighted by molar-refractivity contribution is -0.885. The van der Waals surface area contributed by atoms with E-state index in [0.29, 0.717) is 30.3 Å². The monoisotopic (exact) mass is 373 g/mol. The van der Waals surface area contributed by atoms with Gasteiger partial charge in [-0.2, -0.15) is 0 Å². The fourth-order valence-corrected chi connectivity index (χ4v) is 2.97. The maximum absolute atomic E-state index is 12.3. The second-order valence-electron chi connectivity index (χ2n) is 6.55. The number of benzene rings is 2. The van der Waals surface area contributed by atoms with E-state index in [2.05, 4.69) is 24.4 Å². The van der Waals surface area contributed by atoms with Gasteiger partial charge < -0.3 is 24.4 Å². The highest BCUT2D eigenvalue weighted by atomic mass is 16.5. The van der Waals surface area contributed by atoms with Gasteiger partial charge in [-0.3, -0.25) is 4.79 Å². The maximum atomic E-state index is 12.3. The number of amides is 1. The maximum Gasteiger partial charge on any atom is 0.275 e. The first-order chi connectivity index (χ1) is 13.0. The van der Waals surface area contributed by atoms with Crippen LogP contribution in [0.1, 0.15) is 16.7 Å². The predicted octanol–water partition coefficient (Wildman–Crippen LogP) is 1.35. The first-order valence-corrected chi connectivity index (χ1v) is 8.89. The van der Waals surface area contributed by atoms with E-state index in [-0.39, 0.29) is 5.91 Å². The summed E-state index contributed by atoms with van der Waals surface area (Å²) in [5, 5.41) is 2.96. The number of hydrogen-bond acceptors (Lipinski definition) is 4. The number of carbonyl (C=O) groups excluding carboxylic acids is 1. The molecule has 0 heterocycles. The molecule has 0 aliphatic rings. The Morgan fingerprint density at radius 2 is 1.67 bits per heavy atom. The van der Waals surface area contributed by atoms with E-state index in [1.165, 1.54) is 11.1 Å². The number of ether oxygens (including phenoxy) is 3. The Morgan fingerprint density at radius 3 is 2.22 bits per heavy atom. The van der Waals surface area contributed by atoms with Crippen molar-refractivity contribution in [2.75, 3.05) is 34.9 Å². The lowest BCUT2D eigenvalue weighted by atomic mass is 10.1. The molecule has 0 bridgehead atoms. The summed E-state index contributed by atoms with van der Waals surface area (Å²) in [5.74, 6) is 1.68. The normalized spacial score (nSPS) is 11.6. The number of quaternary nitrogens is 1. The van der Waals surface area contributed by atoms with Crippen LogP contribution in [0.3, 0.4) is 0 Å². The Labute approximate surface area is 161 Å². The molecule has 1 unspecified atom stereocenters. The van der Waals surface area contributed by atoms with Crippen molar-refractivity contribution in [3.05, 3.63) is 53.1 Å². The minimum atomic E-state index is -0.00478. The third-order valence-electron chi connectivity index (χ3n) is 4.43. The lowest BCUT2D eigenvalue weighted by Gasteiger charge is -2.16. The molecule has 2 aromatic rings. The van der Waals surface area contributed by atoms with E-state index in [9.17, 15) is 4.79 Å². The fourth-order valence-electron chi connectivity index (χ4n) is 2.97. The summed E-state index contributed by atoms with van der Waals surface area (Å²) in [7, 11) is 6.73. The van der Waals surface area contributed by atoms with Gasteiger partial charge in [0.25, 0.3) is 5.91 Å². The Morgan fingerprint density at radius 1 is 1.04 bits per heavy atom. The summed E-state index contributed by atoms with van der Waals surface area (Å²) >= 11 is 0. The van der Waals surface area contributed by atoms with Crippen LogP contribution in [0.4, 0.5) is 0 Å². The largest absolute Gasteiger partial charge is 0.493 e. The van der Waals surface area contributed by atoms with Gasteiger partial charge >= 0.3 is 0 Å². The Hall–Kier alpha value is -2.73. The molecule has 2 rings (SSSR count). The van der Waals surface area contributed by atoms with E-state index < -0.39 is 0 Å². The van der Waals surface area contributed by atoms with Crippen molar-refractivity contribution in [2.45, 2.75) is 20.0 Å². The molecule has 1 atom stereocenters. The quantitative estimate of drug-likeness (QED) is 0.697. The molecule has 146 valence electrons. The molecule has 6 heteroatoms. The molecule has 0 aliphatic carbocycles. The number of aryl methyl sites for hydroxylation is 1. The van der Waals surface area contributed by atoms with Crippen LogP contribution in [-0.2, 0) is 17.9 Å². The van der Waals surface area contributed by atoms with Crippen molar-refractivity contribution in [3.63, 3.8) is 0 Å². The third kappa shape index (κ3) is 5.62. The molecule has 6 nitrogen and oxygen atoms in total. The van der Waals surface area contributed by atoms with Gasteiger partial charge in [-0.25, -0.2) is 0 Å². The van der Waals surface area contributed by atoms with Crippen molar-refractivity contribution in [2.24, 2.45) is 0 Å². The van der Waals surface area contributed by atoms with E-state index in [0.717, 1.165) is 17.0 Å². The molecule has 2 N–H and O–H groups in total. The van der Waals surface area contributed by atoms with Crippen LogP contribution in [0.2, 0.25) is 0 Å². The topological polar surface area (TPSA) is 61.2 Å². The molecule has 0 spiro atoms. The van der Waals surface area contributed by atoms with Gasteiger partial charge in [0.1, 0.15) is 6.54 Å². The second kappa shape index (κ2) is 9.83. The van der Waals surface area contributed by atoms with Crippen LogP contribution >= 0.6 is 0 Å². The predicted molar refractivity (Wildman–Crippen MR) is 105 cm³/mol. The van der Waals surface area contributed by atoms with Crippen LogP contribution < -0.4 is 24.4 Å². The molecular formula is C21H29N2O4+. The van der Waals surface area contributed by atoms with Gasteiger partial charge in [0, 0.05) is 12.1 Å². The average molecular weight is 373 g/mol. The Kier molecular flexibility index (Phi) is 7.49. The summed E-state index contributed by atoms with van der Waals surface area (Å²) in [6.45, 7) is 3.70. The van der Waals surface area contributed by atoms with E-state index >= 15 is 0 Å². The van der Waals surface area contributed by atoms with Gasteiger partial charge in [0.15, 0.2) is 18.0 Å². The average Bonchev–Trinajstić information content (AvgIpc) is 2.67. The number of hydrogen-bond donors (Lipinski definition) is 2. The van der Waals surface area contributed by atoms with Crippen molar-refractivity contribution in [1.29, 1.82) is 0 Å². The van der Waals surface area contributed by atoms with Gasteiger partial charge in [-0.05, 0) is 30.2 Å². The molecule has 0 aliphatic heterocycles. The minimum Gasteiger partial charge on any atom is -0.493 e. The number of carbonyl (C=O) groups is 1. The van der Waals surface area contributed by atoms with Crippen LogP contribution in [0.25, 0.3) is 0 Å². The third-order valence-corrected chi connectivity index (χ3v) is 4.43. The van der Waals surface area contributed by atoms with Gasteiger partial charge in [0.05, 0.1) is 28.4 Å². The van der Waals surface area contributed by atoms with Gasteiger partial charge in [-0.1, -0.05) is 24.3 Å². The molecule has 27 heavy (non-hydrogen) atoms. The number of rotatable bonds is 9. The zero-order chi connectivity index (χ0) is 19.8. The van der Waals surface area contributed by atoms with Crippen LogP contribution in [0.5, 0.6) is 17.2 Å². The molecule has 0 saturated carbocycles. The van der Waals surface area contributed by atoms with Crippen molar-refractivity contribution in [3.8, 4) is 17.2 Å². The number of nitrogens with one attached hydrogen (secondary N) is 2. The van der Waals surface area contributed by atoms with Crippen LogP contribution in [0.15, 0.2) is 36.4 Å². The highest BCUT2D eigenvalue weighted by Gasteiger charge is 2.15. The van der Waals surface area contributed by atoms with E-state index in [1.54, 1.807) is 21.3 Å². The van der Waals surface area contributed by atoms with E-state index in [4.69, 9.17) is 14.2 Å². The highest BCUT2D eigenvalue weighted by molar-refractivity contribution is 5.76. The van der Waals surface area contributed by atoms with Crippen LogP contribution in [0, 0.1) is 6.92 Å². The first kappa shape index (κ1) is 20.6. The van der Waals surface area contributed by atoms with Crippen molar-refractivity contribution >= 4 is 5.91 Å². The molecule has 1 amide bonds. The van der Waals surface area contributed by atoms with Gasteiger partial charge in [0.2, 0.25) is 5.75 Å². The van der Waals surface area contributed by atoms with Crippen molar-refractivity contribution in [1.82, 2.24) is 5.32 Å². The molecule has 0 radical (unpaired) electrons. The molecule has 2 aromatic carbocycles. The Bertz CT molecular complexity index is 752. The van der Waals surface area contributed by atoms with Crippen LogP contribution in [-0.4, -0.2) is 40.8 Å². The standard InChI is InChI=1S/C21H28N2O4/c1-15-8-6-7-9-17(15)13-23(2)14-20(24)22-12-16-10-18(25-3)21(27-5)19(11-16)26-4/h6-11H,12-14H2,1-5H3,(H,22,24)/p+1. The minimum absolute atomic E-state index is 0.00478. The number of methoxy groups -OCH3 is 3. The molecule has 0 aromatic heterocycles. The summed E-state index contributed by atoms with van der Waals surface area (Å²) in [6.07, 6.45) is 0. The molecule has 0 fully saturated rings. The molecular weight excluding hydrogens is 344 g/mol. The number of likely N-dealkylation sites (N-methyl/N-ethyl adjacent to an activating group) is 1. The van der Waals surface area contributed by atoms with E-state index in [1.807, 2.05) is 31.3 Å². The zero-order valence-corrected chi connectivity index (χ0v) is 16.7.